The third-order valence-corrected chi connectivity index (χ3v) is 3.42. The summed E-state index contributed by atoms with van der Waals surface area (Å²) in [6.45, 7) is 6.59. The molecule has 0 aliphatic heterocycles. The van der Waals surface area contributed by atoms with E-state index in [0.29, 0.717) is 0 Å². The monoisotopic (exact) mass is 250 g/mol. The predicted molar refractivity (Wildman–Crippen MR) is 85.4 cm³/mol. The van der Waals surface area contributed by atoms with Gasteiger partial charge in [-0.3, -0.25) is 0 Å². The van der Waals surface area contributed by atoms with E-state index < -0.39 is 0 Å². The first-order valence-corrected chi connectivity index (χ1v) is 7.20. The Balaban J connectivity index is 2.71. The quantitative estimate of drug-likeness (QED) is 0.593. The first-order valence-electron chi connectivity index (χ1n) is 7.20. The number of rotatable bonds is 4. The molecule has 98 valence electrons. The molecular weight excluding hydrogens is 228 g/mol. The van der Waals surface area contributed by atoms with Crippen LogP contribution in [0.4, 0.5) is 0 Å². The lowest BCUT2D eigenvalue weighted by Crippen LogP contribution is -1.91. The molecule has 0 aromatic heterocycles. The molecule has 0 spiro atoms. The van der Waals surface area contributed by atoms with E-state index in [1.807, 2.05) is 0 Å². The Morgan fingerprint density at radius 3 is 2.63 bits per heavy atom. The van der Waals surface area contributed by atoms with Crippen molar-refractivity contribution in [3.8, 4) is 0 Å². The Hall–Kier alpha value is -1.78. The van der Waals surface area contributed by atoms with Crippen molar-refractivity contribution in [3.05, 3.63) is 59.3 Å². The van der Waals surface area contributed by atoms with Gasteiger partial charge in [-0.25, -0.2) is 0 Å². The lowest BCUT2D eigenvalue weighted by atomic mass is 9.92. The Morgan fingerprint density at radius 2 is 1.89 bits per heavy atom. The van der Waals surface area contributed by atoms with Crippen molar-refractivity contribution >= 4 is 16.3 Å². The van der Waals surface area contributed by atoms with E-state index in [4.69, 9.17) is 0 Å². The van der Waals surface area contributed by atoms with Gasteiger partial charge in [0.2, 0.25) is 0 Å². The van der Waals surface area contributed by atoms with Gasteiger partial charge in [-0.05, 0) is 47.7 Å². The van der Waals surface area contributed by atoms with Crippen molar-refractivity contribution in [2.45, 2.75) is 40.0 Å². The highest BCUT2D eigenvalue weighted by Gasteiger charge is 2.08. The summed E-state index contributed by atoms with van der Waals surface area (Å²) < 4.78 is 0. The van der Waals surface area contributed by atoms with Crippen molar-refractivity contribution in [1.29, 1.82) is 0 Å². The molecule has 0 aliphatic rings. The number of allylic oxidation sites excluding steroid dienone is 1. The largest absolute Gasteiger partial charge is 0.121 e. The maximum atomic E-state index is 3.51. The van der Waals surface area contributed by atoms with Crippen LogP contribution >= 0.6 is 0 Å². The molecule has 0 nitrogen and oxygen atoms in total. The van der Waals surface area contributed by atoms with Gasteiger partial charge in [0.05, 0.1) is 0 Å². The second kappa shape index (κ2) is 6.41. The summed E-state index contributed by atoms with van der Waals surface area (Å²) in [5.74, 6) is 0. The molecule has 0 saturated carbocycles. The molecule has 0 unspecified atom stereocenters. The van der Waals surface area contributed by atoms with Gasteiger partial charge >= 0.3 is 0 Å². The minimum atomic E-state index is 1.04. The molecular formula is C19H22. The third kappa shape index (κ3) is 2.97. The fraction of sp³-hybridized carbons (Fsp3) is 0.316. The standard InChI is InChI=1S/C19H22/c1-4-6-10-17(9-5-2)19-15(3)13-14-16-11-7-8-12-18(16)19/h6-8,11-14H,4-5,9H2,1-3H3. The Morgan fingerprint density at radius 1 is 1.11 bits per heavy atom. The Bertz CT molecular complexity index is 626. The summed E-state index contributed by atoms with van der Waals surface area (Å²) in [6, 6.07) is 13.1. The van der Waals surface area contributed by atoms with E-state index in [1.54, 1.807) is 0 Å². The van der Waals surface area contributed by atoms with E-state index in [1.165, 1.54) is 27.5 Å². The summed E-state index contributed by atoms with van der Waals surface area (Å²) in [4.78, 5) is 0. The lowest BCUT2D eigenvalue weighted by molar-refractivity contribution is 0.973. The van der Waals surface area contributed by atoms with Crippen molar-refractivity contribution in [2.24, 2.45) is 0 Å². The smallest absolute Gasteiger partial charge is 0.00175 e. The molecule has 2 aromatic carbocycles. The molecule has 0 atom stereocenters. The van der Waals surface area contributed by atoms with Gasteiger partial charge in [-0.15, -0.1) is 5.73 Å². The van der Waals surface area contributed by atoms with Crippen molar-refractivity contribution < 1.29 is 0 Å². The van der Waals surface area contributed by atoms with Crippen LogP contribution < -0.4 is 0 Å². The molecule has 0 heteroatoms. The van der Waals surface area contributed by atoms with Gasteiger partial charge in [0.25, 0.3) is 0 Å². The summed E-state index contributed by atoms with van der Waals surface area (Å²) >= 11 is 0. The summed E-state index contributed by atoms with van der Waals surface area (Å²) in [6.07, 6.45) is 5.43. The van der Waals surface area contributed by atoms with Gasteiger partial charge in [0.15, 0.2) is 0 Å². The molecule has 0 heterocycles. The van der Waals surface area contributed by atoms with Crippen LogP contribution in [0.2, 0.25) is 0 Å². The average Bonchev–Trinajstić information content (AvgIpc) is 2.44. The summed E-state index contributed by atoms with van der Waals surface area (Å²) in [5.41, 5.74) is 7.58. The Kier molecular flexibility index (Phi) is 4.60. The third-order valence-electron chi connectivity index (χ3n) is 3.42. The minimum Gasteiger partial charge on any atom is -0.121 e. The van der Waals surface area contributed by atoms with Crippen LogP contribution in [-0.2, 0) is 0 Å². The van der Waals surface area contributed by atoms with Crippen LogP contribution in [0.1, 0.15) is 44.2 Å². The average molecular weight is 250 g/mol. The molecule has 0 radical (unpaired) electrons. The molecule has 19 heavy (non-hydrogen) atoms. The van der Waals surface area contributed by atoms with Crippen LogP contribution in [0, 0.1) is 6.92 Å². The second-order valence-corrected chi connectivity index (χ2v) is 4.96. The SMILES string of the molecule is CCC=C=C(CCC)c1c(C)ccc2ccccc12. The van der Waals surface area contributed by atoms with Crippen LogP contribution in [0.3, 0.4) is 0 Å². The number of aryl methyl sites for hydroxylation is 1. The zero-order valence-electron chi connectivity index (χ0n) is 12.2. The zero-order valence-corrected chi connectivity index (χ0v) is 12.2. The van der Waals surface area contributed by atoms with E-state index in [-0.39, 0.29) is 0 Å². The summed E-state index contributed by atoms with van der Waals surface area (Å²) in [7, 11) is 0. The van der Waals surface area contributed by atoms with Crippen molar-refractivity contribution in [2.75, 3.05) is 0 Å². The van der Waals surface area contributed by atoms with E-state index >= 15 is 0 Å². The predicted octanol–water partition coefficient (Wildman–Crippen LogP) is 5.90. The number of hydrogen-bond acceptors (Lipinski definition) is 0. The van der Waals surface area contributed by atoms with Gasteiger partial charge in [-0.1, -0.05) is 56.7 Å². The highest BCUT2D eigenvalue weighted by atomic mass is 14.1. The zero-order chi connectivity index (χ0) is 13.7. The first-order chi connectivity index (χ1) is 9.27. The Labute approximate surface area is 116 Å². The fourth-order valence-corrected chi connectivity index (χ4v) is 2.53. The highest BCUT2D eigenvalue weighted by molar-refractivity contribution is 5.95. The molecule has 0 N–H and O–H groups in total. The van der Waals surface area contributed by atoms with Crippen molar-refractivity contribution in [1.82, 2.24) is 0 Å². The molecule has 0 bridgehead atoms. The number of fused-ring (bicyclic) bond motifs is 1. The number of hydrogen-bond donors (Lipinski definition) is 0. The lowest BCUT2D eigenvalue weighted by Gasteiger charge is -2.12. The van der Waals surface area contributed by atoms with Crippen molar-refractivity contribution in [3.63, 3.8) is 0 Å². The maximum Gasteiger partial charge on any atom is 0.00175 e. The van der Waals surface area contributed by atoms with Gasteiger partial charge < -0.3 is 0 Å². The molecule has 2 rings (SSSR count). The second-order valence-electron chi connectivity index (χ2n) is 4.96. The molecule has 0 aliphatic carbocycles. The van der Waals surface area contributed by atoms with Gasteiger partial charge in [0, 0.05) is 5.57 Å². The van der Waals surface area contributed by atoms with Crippen LogP contribution in [0.25, 0.3) is 16.3 Å². The minimum absolute atomic E-state index is 1.04. The van der Waals surface area contributed by atoms with E-state index in [0.717, 1.165) is 19.3 Å². The molecule has 0 amide bonds. The topological polar surface area (TPSA) is 0 Å². The van der Waals surface area contributed by atoms with Gasteiger partial charge in [-0.2, -0.15) is 0 Å². The van der Waals surface area contributed by atoms with Crippen LogP contribution in [0.15, 0.2) is 48.2 Å². The van der Waals surface area contributed by atoms with Crippen LogP contribution in [-0.4, -0.2) is 0 Å². The van der Waals surface area contributed by atoms with E-state index in [2.05, 4.69) is 69.0 Å². The molecule has 0 saturated heterocycles. The molecule has 0 fully saturated rings. The highest BCUT2D eigenvalue weighted by Crippen LogP contribution is 2.30. The van der Waals surface area contributed by atoms with Crippen LogP contribution in [0.5, 0.6) is 0 Å². The maximum absolute atomic E-state index is 3.51. The first kappa shape index (κ1) is 13.6. The van der Waals surface area contributed by atoms with E-state index in [9.17, 15) is 0 Å². The number of benzene rings is 2. The van der Waals surface area contributed by atoms with Gasteiger partial charge in [0.1, 0.15) is 0 Å². The normalized spacial score (nSPS) is 10.3. The fourth-order valence-electron chi connectivity index (χ4n) is 2.53. The molecule has 2 aromatic rings. The summed E-state index contributed by atoms with van der Waals surface area (Å²) in [5, 5.41) is 2.66.